The van der Waals surface area contributed by atoms with Crippen LogP contribution in [-0.4, -0.2) is 36.1 Å². The van der Waals surface area contributed by atoms with E-state index in [-0.39, 0.29) is 17.4 Å². The highest BCUT2D eigenvalue weighted by Crippen LogP contribution is 2.39. The molecule has 0 fully saturated rings. The van der Waals surface area contributed by atoms with Crippen LogP contribution < -0.4 is 19.7 Å². The molecule has 1 aliphatic heterocycles. The zero-order valence-electron chi connectivity index (χ0n) is 17.9. The third-order valence-electron chi connectivity index (χ3n) is 6.11. The maximum atomic E-state index is 13.4. The third-order valence-corrected chi connectivity index (χ3v) is 6.11. The zero-order valence-corrected chi connectivity index (χ0v) is 17.9. The summed E-state index contributed by atoms with van der Waals surface area (Å²) in [5.74, 6) is -0.262. The van der Waals surface area contributed by atoms with E-state index in [9.17, 15) is 14.7 Å². The number of anilines is 2. The van der Waals surface area contributed by atoms with Crippen molar-refractivity contribution in [3.05, 3.63) is 59.3 Å². The second-order valence-corrected chi connectivity index (χ2v) is 8.55. The number of aromatic carboxylic acids is 1. The molecule has 1 N–H and O–H groups in total. The second-order valence-electron chi connectivity index (χ2n) is 8.55. The molecule has 0 bridgehead atoms. The van der Waals surface area contributed by atoms with Gasteiger partial charge in [-0.3, -0.25) is 9.69 Å². The number of carbonyl (C=O) groups is 2. The summed E-state index contributed by atoms with van der Waals surface area (Å²) in [6.45, 7) is 5.81. The number of carboxylic acids is 1. The molecule has 0 saturated heterocycles. The Balaban J connectivity index is 2.03. The molecular formula is C23H26N4O3. The van der Waals surface area contributed by atoms with Gasteiger partial charge in [-0.25, -0.2) is 0 Å². The normalized spacial score (nSPS) is 18.0. The first kappa shape index (κ1) is 19.9. The minimum Gasteiger partial charge on any atom is -0.545 e. The lowest BCUT2D eigenvalue weighted by molar-refractivity contribution is -0.497. The number of hydrogen-bond acceptors (Lipinski definition) is 5. The van der Waals surface area contributed by atoms with Crippen molar-refractivity contribution in [2.24, 2.45) is 5.92 Å². The summed E-state index contributed by atoms with van der Waals surface area (Å²) in [5, 5.41) is 15.7. The minimum atomic E-state index is -1.26. The number of benzene rings is 1. The van der Waals surface area contributed by atoms with Crippen molar-refractivity contribution < 1.29 is 19.1 Å². The predicted molar refractivity (Wildman–Crippen MR) is 113 cm³/mol. The van der Waals surface area contributed by atoms with E-state index in [0.29, 0.717) is 29.3 Å². The largest absolute Gasteiger partial charge is 0.545 e. The molecule has 3 heterocycles. The van der Waals surface area contributed by atoms with Gasteiger partial charge in [-0.2, -0.15) is 4.40 Å². The quantitative estimate of drug-likeness (QED) is 0.653. The highest BCUT2D eigenvalue weighted by molar-refractivity contribution is 6.06. The summed E-state index contributed by atoms with van der Waals surface area (Å²) >= 11 is 0. The molecule has 3 aromatic rings. The average molecular weight is 406 g/mol. The van der Waals surface area contributed by atoms with Gasteiger partial charge in [-0.15, -0.1) is 4.57 Å². The van der Waals surface area contributed by atoms with Crippen LogP contribution in [0.15, 0.2) is 42.6 Å². The third kappa shape index (κ3) is 2.76. The topological polar surface area (TPSA) is 81.5 Å². The van der Waals surface area contributed by atoms with Crippen molar-refractivity contribution in [2.45, 2.75) is 32.7 Å². The Morgan fingerprint density at radius 3 is 2.47 bits per heavy atom. The van der Waals surface area contributed by atoms with Crippen molar-refractivity contribution in [3.8, 4) is 0 Å². The maximum Gasteiger partial charge on any atom is 0.373 e. The molecule has 30 heavy (non-hydrogen) atoms. The van der Waals surface area contributed by atoms with E-state index in [0.717, 1.165) is 5.56 Å². The molecular weight excluding hydrogens is 380 g/mol. The molecule has 0 aliphatic carbocycles. The lowest BCUT2D eigenvalue weighted by Gasteiger charge is -2.25. The number of carbonyl (C=O) groups excluding carboxylic acids is 2. The summed E-state index contributed by atoms with van der Waals surface area (Å²) in [4.78, 5) is 27.5. The van der Waals surface area contributed by atoms with Gasteiger partial charge in [0, 0.05) is 5.56 Å². The molecule has 7 nitrogen and oxygen atoms in total. The van der Waals surface area contributed by atoms with Crippen LogP contribution in [0.5, 0.6) is 0 Å². The predicted octanol–water partition coefficient (Wildman–Crippen LogP) is 1.73. The van der Waals surface area contributed by atoms with Gasteiger partial charge in [0.2, 0.25) is 5.82 Å². The fraction of sp³-hybridized carbons (Fsp3) is 0.348. The molecule has 1 aromatic carbocycles. The standard InChI is InChI=1S/C23H26N4O3/c1-14(2)23(3)21(30)27-19(24-23)18-17(20(28)29)16(13-15-9-7-6-8-10-15)11-12-26(18)22(27)25(4)5/h6-12,14,24H,13H2,1-5H3. The van der Waals surface area contributed by atoms with Crippen LogP contribution in [0.3, 0.4) is 0 Å². The van der Waals surface area contributed by atoms with E-state index < -0.39 is 11.5 Å². The summed E-state index contributed by atoms with van der Waals surface area (Å²) in [7, 11) is 3.67. The van der Waals surface area contributed by atoms with Crippen molar-refractivity contribution in [2.75, 3.05) is 24.3 Å². The molecule has 1 unspecified atom stereocenters. The molecule has 0 spiro atoms. The Morgan fingerprint density at radius 1 is 1.23 bits per heavy atom. The Labute approximate surface area is 175 Å². The van der Waals surface area contributed by atoms with Crippen molar-refractivity contribution in [1.82, 2.24) is 4.57 Å². The maximum absolute atomic E-state index is 13.4. The molecule has 7 heteroatoms. The van der Waals surface area contributed by atoms with E-state index in [1.54, 1.807) is 15.0 Å². The van der Waals surface area contributed by atoms with Gasteiger partial charge in [0.15, 0.2) is 5.52 Å². The first-order valence-corrected chi connectivity index (χ1v) is 10.0. The van der Waals surface area contributed by atoms with Gasteiger partial charge >= 0.3 is 11.9 Å². The molecule has 0 radical (unpaired) electrons. The van der Waals surface area contributed by atoms with E-state index in [1.807, 2.05) is 76.3 Å². The van der Waals surface area contributed by atoms with E-state index in [2.05, 4.69) is 5.32 Å². The molecule has 0 saturated carbocycles. The van der Waals surface area contributed by atoms with Crippen LogP contribution in [0.25, 0.3) is 5.52 Å². The van der Waals surface area contributed by atoms with Gasteiger partial charge in [0.05, 0.1) is 26.3 Å². The summed E-state index contributed by atoms with van der Waals surface area (Å²) in [6, 6.07) is 11.5. The van der Waals surface area contributed by atoms with E-state index in [1.165, 1.54) is 0 Å². The van der Waals surface area contributed by atoms with Gasteiger partial charge in [0.1, 0.15) is 5.54 Å². The fourth-order valence-electron chi connectivity index (χ4n) is 4.14. The van der Waals surface area contributed by atoms with Crippen molar-refractivity contribution in [3.63, 3.8) is 0 Å². The van der Waals surface area contributed by atoms with Gasteiger partial charge < -0.3 is 15.2 Å². The van der Waals surface area contributed by atoms with Crippen molar-refractivity contribution in [1.29, 1.82) is 0 Å². The lowest BCUT2D eigenvalue weighted by Crippen LogP contribution is -2.46. The van der Waals surface area contributed by atoms with Crippen molar-refractivity contribution >= 4 is 29.2 Å². The van der Waals surface area contributed by atoms with Crippen LogP contribution >= 0.6 is 0 Å². The number of pyridine rings is 1. The molecule has 1 aliphatic rings. The number of fused-ring (bicyclic) bond motifs is 3. The van der Waals surface area contributed by atoms with Crippen LogP contribution in [0.4, 0.5) is 11.8 Å². The first-order valence-electron chi connectivity index (χ1n) is 10.0. The zero-order chi connectivity index (χ0) is 21.8. The van der Waals surface area contributed by atoms with Crippen LogP contribution in [-0.2, 0) is 6.42 Å². The van der Waals surface area contributed by atoms with Crippen LogP contribution in [0, 0.1) is 5.92 Å². The number of rotatable bonds is 5. The lowest BCUT2D eigenvalue weighted by atomic mass is 9.88. The summed E-state index contributed by atoms with van der Waals surface area (Å²) in [6.07, 6.45) is 2.28. The van der Waals surface area contributed by atoms with Crippen LogP contribution in [0.2, 0.25) is 0 Å². The highest BCUT2D eigenvalue weighted by atomic mass is 16.4. The molecule has 156 valence electrons. The molecule has 0 amide bonds. The number of carboxylic acid groups (broad SMARTS) is 1. The Morgan fingerprint density at radius 2 is 1.90 bits per heavy atom. The van der Waals surface area contributed by atoms with E-state index in [4.69, 9.17) is 0 Å². The second kappa shape index (κ2) is 6.86. The average Bonchev–Trinajstić information content (AvgIpc) is 3.14. The number of hydrogen-bond donors (Lipinski definition) is 1. The molecule has 1 atom stereocenters. The molecule has 4 rings (SSSR count). The Kier molecular flexibility index (Phi) is 4.56. The minimum absolute atomic E-state index is 0.0128. The van der Waals surface area contributed by atoms with Gasteiger partial charge in [-0.05, 0) is 36.5 Å². The highest BCUT2D eigenvalue weighted by Gasteiger charge is 2.52. The van der Waals surface area contributed by atoms with Gasteiger partial charge in [-0.1, -0.05) is 44.2 Å². The first-order chi connectivity index (χ1) is 14.2. The van der Waals surface area contributed by atoms with Crippen LogP contribution in [0.1, 0.15) is 47.1 Å². The monoisotopic (exact) mass is 406 g/mol. The van der Waals surface area contributed by atoms with E-state index >= 15 is 0 Å². The number of nitrogens with one attached hydrogen (secondary N) is 1. The Bertz CT molecular complexity index is 1160. The SMILES string of the molecule is CC(C)C1(C)Nc2c3c(C(=O)[O-])c(Cc4ccccc4)cc[n+]3c(N(C)C)n2C1=O. The number of nitrogens with zero attached hydrogens (tertiary/aromatic N) is 3. The Hall–Kier alpha value is -3.35. The summed E-state index contributed by atoms with van der Waals surface area (Å²) < 4.78 is 3.34. The molecule has 2 aromatic heterocycles. The fourth-order valence-corrected chi connectivity index (χ4v) is 4.14. The number of imidazole rings is 1. The summed E-state index contributed by atoms with van der Waals surface area (Å²) in [5.41, 5.74) is 1.38. The van der Waals surface area contributed by atoms with Gasteiger partial charge in [0.25, 0.3) is 0 Å². The smallest absolute Gasteiger partial charge is 0.373 e. The number of aromatic nitrogens is 2.